The van der Waals surface area contributed by atoms with E-state index in [0.29, 0.717) is 29.8 Å². The SMILES string of the molecule is CCOc1c(C)cc(C=O)cc1C=O. The van der Waals surface area contributed by atoms with Gasteiger partial charge in [-0.3, -0.25) is 9.59 Å². The van der Waals surface area contributed by atoms with Crippen LogP contribution in [0.5, 0.6) is 5.75 Å². The van der Waals surface area contributed by atoms with Gasteiger partial charge in [0.15, 0.2) is 6.29 Å². The van der Waals surface area contributed by atoms with E-state index in [1.54, 1.807) is 6.07 Å². The molecule has 0 aliphatic rings. The average Bonchev–Trinajstić information content (AvgIpc) is 2.20. The molecule has 0 amide bonds. The third-order valence-corrected chi connectivity index (χ3v) is 1.88. The van der Waals surface area contributed by atoms with Crippen LogP contribution < -0.4 is 4.74 Å². The number of rotatable bonds is 4. The second kappa shape index (κ2) is 4.56. The monoisotopic (exact) mass is 192 g/mol. The minimum atomic E-state index is 0.425. The summed E-state index contributed by atoms with van der Waals surface area (Å²) in [5.41, 5.74) is 1.72. The Morgan fingerprint density at radius 2 is 2.00 bits per heavy atom. The third-order valence-electron chi connectivity index (χ3n) is 1.88. The molecule has 0 atom stereocenters. The highest BCUT2D eigenvalue weighted by Gasteiger charge is 2.07. The molecule has 3 heteroatoms. The first-order valence-corrected chi connectivity index (χ1v) is 4.40. The van der Waals surface area contributed by atoms with E-state index in [1.807, 2.05) is 13.8 Å². The summed E-state index contributed by atoms with van der Waals surface area (Å²) >= 11 is 0. The Labute approximate surface area is 82.7 Å². The van der Waals surface area contributed by atoms with Gasteiger partial charge in [0, 0.05) is 5.56 Å². The van der Waals surface area contributed by atoms with Gasteiger partial charge in [0.1, 0.15) is 12.0 Å². The normalized spacial score (nSPS) is 9.57. The molecular weight excluding hydrogens is 180 g/mol. The number of carbonyl (C=O) groups excluding carboxylic acids is 2. The van der Waals surface area contributed by atoms with E-state index in [4.69, 9.17) is 4.74 Å². The van der Waals surface area contributed by atoms with Gasteiger partial charge < -0.3 is 4.74 Å². The number of hydrogen-bond donors (Lipinski definition) is 0. The predicted molar refractivity (Wildman–Crippen MR) is 53.1 cm³/mol. The quantitative estimate of drug-likeness (QED) is 0.685. The average molecular weight is 192 g/mol. The molecule has 1 rings (SSSR count). The first-order valence-electron chi connectivity index (χ1n) is 4.40. The highest BCUT2D eigenvalue weighted by molar-refractivity contribution is 5.86. The molecule has 0 aliphatic heterocycles. The highest BCUT2D eigenvalue weighted by Crippen LogP contribution is 2.23. The molecule has 0 aliphatic carbocycles. The lowest BCUT2D eigenvalue weighted by Crippen LogP contribution is -1.99. The zero-order valence-electron chi connectivity index (χ0n) is 8.24. The molecule has 0 radical (unpaired) electrons. The first kappa shape index (κ1) is 10.4. The molecular formula is C11H12O3. The van der Waals surface area contributed by atoms with Crippen LogP contribution in [0.1, 0.15) is 33.2 Å². The van der Waals surface area contributed by atoms with E-state index in [2.05, 4.69) is 0 Å². The van der Waals surface area contributed by atoms with Gasteiger partial charge in [0.2, 0.25) is 0 Å². The number of aryl methyl sites for hydroxylation is 1. The van der Waals surface area contributed by atoms with Crippen molar-refractivity contribution >= 4 is 12.6 Å². The van der Waals surface area contributed by atoms with Crippen LogP contribution in [0.4, 0.5) is 0 Å². The lowest BCUT2D eigenvalue weighted by atomic mass is 10.1. The van der Waals surface area contributed by atoms with Gasteiger partial charge in [-0.15, -0.1) is 0 Å². The number of hydrogen-bond acceptors (Lipinski definition) is 3. The molecule has 0 fully saturated rings. The van der Waals surface area contributed by atoms with Crippen molar-refractivity contribution in [2.75, 3.05) is 6.61 Å². The third kappa shape index (κ3) is 1.99. The molecule has 0 unspecified atom stereocenters. The van der Waals surface area contributed by atoms with Crippen molar-refractivity contribution in [3.05, 3.63) is 28.8 Å². The van der Waals surface area contributed by atoms with Crippen LogP contribution in [-0.2, 0) is 0 Å². The number of benzene rings is 1. The summed E-state index contributed by atoms with van der Waals surface area (Å²) in [6.07, 6.45) is 1.42. The summed E-state index contributed by atoms with van der Waals surface area (Å²) in [5, 5.41) is 0. The van der Waals surface area contributed by atoms with E-state index < -0.39 is 0 Å². The Morgan fingerprint density at radius 3 is 2.50 bits per heavy atom. The van der Waals surface area contributed by atoms with Crippen LogP contribution in [-0.4, -0.2) is 19.2 Å². The van der Waals surface area contributed by atoms with Crippen molar-refractivity contribution in [2.45, 2.75) is 13.8 Å². The van der Waals surface area contributed by atoms with Crippen molar-refractivity contribution in [3.8, 4) is 5.75 Å². The molecule has 14 heavy (non-hydrogen) atoms. The fraction of sp³-hybridized carbons (Fsp3) is 0.273. The fourth-order valence-electron chi connectivity index (χ4n) is 1.33. The maximum Gasteiger partial charge on any atom is 0.153 e. The Bertz CT molecular complexity index is 356. The zero-order chi connectivity index (χ0) is 10.6. The highest BCUT2D eigenvalue weighted by atomic mass is 16.5. The Balaban J connectivity index is 3.26. The number of aldehydes is 2. The molecule has 0 aromatic heterocycles. The van der Waals surface area contributed by atoms with Crippen molar-refractivity contribution in [1.82, 2.24) is 0 Å². The van der Waals surface area contributed by atoms with Crippen molar-refractivity contribution in [2.24, 2.45) is 0 Å². The van der Waals surface area contributed by atoms with Crippen LogP contribution in [0.15, 0.2) is 12.1 Å². The minimum Gasteiger partial charge on any atom is -0.493 e. The van der Waals surface area contributed by atoms with E-state index >= 15 is 0 Å². The molecule has 0 saturated heterocycles. The van der Waals surface area contributed by atoms with Gasteiger partial charge in [0.05, 0.1) is 12.2 Å². The Kier molecular flexibility index (Phi) is 3.40. The molecule has 3 nitrogen and oxygen atoms in total. The summed E-state index contributed by atoms with van der Waals surface area (Å²) in [4.78, 5) is 21.3. The summed E-state index contributed by atoms with van der Waals surface area (Å²) in [7, 11) is 0. The maximum absolute atomic E-state index is 10.7. The smallest absolute Gasteiger partial charge is 0.153 e. The molecule has 0 bridgehead atoms. The lowest BCUT2D eigenvalue weighted by molar-refractivity contribution is 0.111. The number of ether oxygens (including phenoxy) is 1. The molecule has 0 N–H and O–H groups in total. The Hall–Kier alpha value is -1.64. The zero-order valence-corrected chi connectivity index (χ0v) is 8.24. The summed E-state index contributed by atoms with van der Waals surface area (Å²) in [6, 6.07) is 3.23. The second-order valence-corrected chi connectivity index (χ2v) is 2.92. The second-order valence-electron chi connectivity index (χ2n) is 2.92. The van der Waals surface area contributed by atoms with E-state index in [9.17, 15) is 9.59 Å². The minimum absolute atomic E-state index is 0.425. The molecule has 0 heterocycles. The maximum atomic E-state index is 10.7. The molecule has 0 saturated carbocycles. The number of carbonyl (C=O) groups is 2. The molecule has 74 valence electrons. The first-order chi connectivity index (χ1) is 6.72. The van der Waals surface area contributed by atoms with Gasteiger partial charge >= 0.3 is 0 Å². The van der Waals surface area contributed by atoms with Crippen LogP contribution in [0.3, 0.4) is 0 Å². The topological polar surface area (TPSA) is 43.4 Å². The van der Waals surface area contributed by atoms with E-state index in [0.717, 1.165) is 11.8 Å². The van der Waals surface area contributed by atoms with Crippen LogP contribution in [0.25, 0.3) is 0 Å². The van der Waals surface area contributed by atoms with Crippen LogP contribution >= 0.6 is 0 Å². The summed E-state index contributed by atoms with van der Waals surface area (Å²) in [5.74, 6) is 0.563. The van der Waals surface area contributed by atoms with Gasteiger partial charge in [-0.2, -0.15) is 0 Å². The van der Waals surface area contributed by atoms with E-state index in [-0.39, 0.29) is 0 Å². The van der Waals surface area contributed by atoms with Gasteiger partial charge in [-0.1, -0.05) is 0 Å². The molecule has 0 spiro atoms. The van der Waals surface area contributed by atoms with E-state index in [1.165, 1.54) is 6.07 Å². The van der Waals surface area contributed by atoms with Crippen LogP contribution in [0.2, 0.25) is 0 Å². The fourth-order valence-corrected chi connectivity index (χ4v) is 1.33. The van der Waals surface area contributed by atoms with Crippen molar-refractivity contribution in [1.29, 1.82) is 0 Å². The Morgan fingerprint density at radius 1 is 1.29 bits per heavy atom. The van der Waals surface area contributed by atoms with Gasteiger partial charge in [0.25, 0.3) is 0 Å². The predicted octanol–water partition coefficient (Wildman–Crippen LogP) is 2.02. The van der Waals surface area contributed by atoms with Crippen molar-refractivity contribution in [3.63, 3.8) is 0 Å². The van der Waals surface area contributed by atoms with Crippen LogP contribution in [0, 0.1) is 6.92 Å². The van der Waals surface area contributed by atoms with Gasteiger partial charge in [-0.25, -0.2) is 0 Å². The molecule has 1 aromatic carbocycles. The lowest BCUT2D eigenvalue weighted by Gasteiger charge is -2.09. The summed E-state index contributed by atoms with van der Waals surface area (Å²) in [6.45, 7) is 4.16. The van der Waals surface area contributed by atoms with Crippen molar-refractivity contribution < 1.29 is 14.3 Å². The van der Waals surface area contributed by atoms with Gasteiger partial charge in [-0.05, 0) is 31.5 Å². The standard InChI is InChI=1S/C11H12O3/c1-3-14-11-8(2)4-9(6-12)5-10(11)7-13/h4-7H,3H2,1-2H3. The molecule has 1 aromatic rings. The largest absolute Gasteiger partial charge is 0.493 e. The summed E-state index contributed by atoms with van der Waals surface area (Å²) < 4.78 is 5.31.